The van der Waals surface area contributed by atoms with Crippen LogP contribution < -0.4 is 21.9 Å². The van der Waals surface area contributed by atoms with Crippen molar-refractivity contribution in [1.82, 2.24) is 9.13 Å². The number of aromatic nitrogens is 2. The van der Waals surface area contributed by atoms with Crippen molar-refractivity contribution in [1.29, 1.82) is 0 Å². The number of nitrogens with zero attached hydrogens (tertiary/aromatic N) is 3. The number of halogens is 1. The molecule has 1 aromatic heterocycles. The molecule has 4 rings (SSSR count). The second-order valence-corrected chi connectivity index (χ2v) is 8.19. The summed E-state index contributed by atoms with van der Waals surface area (Å²) < 4.78 is 17.2. The Labute approximate surface area is 190 Å². The molecule has 0 saturated carbocycles. The number of fused-ring (bicyclic) bond motifs is 1. The second kappa shape index (κ2) is 9.65. The van der Waals surface area contributed by atoms with Crippen molar-refractivity contribution in [2.75, 3.05) is 5.43 Å². The molecule has 0 aliphatic carbocycles. The summed E-state index contributed by atoms with van der Waals surface area (Å²) in [6.45, 7) is 4.41. The van der Waals surface area contributed by atoms with Crippen molar-refractivity contribution in [3.63, 3.8) is 0 Å². The summed E-state index contributed by atoms with van der Waals surface area (Å²) >= 11 is 0. The largest absolute Gasteiger partial charge is 0.305 e. The van der Waals surface area contributed by atoms with E-state index in [0.29, 0.717) is 41.3 Å². The Balaban J connectivity index is 2.13. The van der Waals surface area contributed by atoms with E-state index in [0.717, 1.165) is 0 Å². The number of rotatable bonds is 6. The van der Waals surface area contributed by atoms with Crippen molar-refractivity contribution in [3.05, 3.63) is 111 Å². The van der Waals surface area contributed by atoms with E-state index in [-0.39, 0.29) is 5.36 Å². The van der Waals surface area contributed by atoms with Gasteiger partial charge in [0.1, 0.15) is 5.82 Å². The summed E-state index contributed by atoms with van der Waals surface area (Å²) in [5, 5.41) is 3.95. The van der Waals surface area contributed by atoms with Gasteiger partial charge in [-0.15, -0.1) is 0 Å². The standard InChI is InChI=1S/C26H25FN4O2/c1-18(2)15-16-30-23-17-19(27)13-14-22(23)31(21-11-7-4-8-12-21)26(33)24(25(30)32)29-28-20-9-5-3-6-10-20/h3-14,17-18,28H,15-16H2,1-2H3. The number of para-hydroxylation sites is 2. The summed E-state index contributed by atoms with van der Waals surface area (Å²) in [7, 11) is 0. The number of anilines is 1. The Hall–Kier alpha value is -4.00. The Morgan fingerprint density at radius 3 is 2.21 bits per heavy atom. The van der Waals surface area contributed by atoms with Gasteiger partial charge in [0.2, 0.25) is 5.36 Å². The van der Waals surface area contributed by atoms with Crippen LogP contribution in [0.2, 0.25) is 0 Å². The molecule has 33 heavy (non-hydrogen) atoms. The van der Waals surface area contributed by atoms with Gasteiger partial charge < -0.3 is 4.57 Å². The summed E-state index contributed by atoms with van der Waals surface area (Å²) in [5.41, 5.74) is 3.61. The van der Waals surface area contributed by atoms with E-state index >= 15 is 0 Å². The van der Waals surface area contributed by atoms with Crippen molar-refractivity contribution < 1.29 is 4.39 Å². The third kappa shape index (κ3) is 4.77. The first-order valence-electron chi connectivity index (χ1n) is 10.9. The van der Waals surface area contributed by atoms with E-state index < -0.39 is 16.9 Å². The minimum absolute atomic E-state index is 0.275. The molecule has 0 aliphatic heterocycles. The molecular formula is C26H25FN4O2. The minimum Gasteiger partial charge on any atom is -0.305 e. The highest BCUT2D eigenvalue weighted by molar-refractivity contribution is 5.76. The molecule has 1 heterocycles. The van der Waals surface area contributed by atoms with E-state index in [2.05, 4.69) is 10.5 Å². The van der Waals surface area contributed by atoms with Gasteiger partial charge in [-0.25, -0.2) is 4.39 Å². The molecule has 0 unspecified atom stereocenters. The number of aryl methyl sites for hydroxylation is 1. The molecule has 0 aliphatic rings. The Kier molecular flexibility index (Phi) is 6.49. The molecule has 0 saturated heterocycles. The molecule has 168 valence electrons. The highest BCUT2D eigenvalue weighted by Crippen LogP contribution is 2.17. The maximum atomic E-state index is 14.3. The molecular weight excluding hydrogens is 419 g/mol. The lowest BCUT2D eigenvalue weighted by molar-refractivity contribution is 0.515. The lowest BCUT2D eigenvalue weighted by Crippen LogP contribution is -2.45. The summed E-state index contributed by atoms with van der Waals surface area (Å²) in [5.74, 6) is -0.179. The number of hydrogen-bond donors (Lipinski definition) is 1. The first-order valence-corrected chi connectivity index (χ1v) is 10.9. The van der Waals surface area contributed by atoms with E-state index in [1.165, 1.54) is 27.3 Å². The Morgan fingerprint density at radius 2 is 1.55 bits per heavy atom. The van der Waals surface area contributed by atoms with Gasteiger partial charge in [-0.3, -0.25) is 19.6 Å². The monoisotopic (exact) mass is 444 g/mol. The van der Waals surface area contributed by atoms with Gasteiger partial charge >= 0.3 is 0 Å². The van der Waals surface area contributed by atoms with Gasteiger partial charge in [0.05, 0.1) is 16.7 Å². The quantitative estimate of drug-likeness (QED) is 0.452. The van der Waals surface area contributed by atoms with Crippen LogP contribution in [0.4, 0.5) is 10.1 Å². The predicted molar refractivity (Wildman–Crippen MR) is 129 cm³/mol. The summed E-state index contributed by atoms with van der Waals surface area (Å²) in [6, 6.07) is 22.1. The molecule has 7 heteroatoms. The van der Waals surface area contributed by atoms with Crippen LogP contribution in [-0.2, 0) is 6.54 Å². The predicted octanol–water partition coefficient (Wildman–Crippen LogP) is 4.27. The van der Waals surface area contributed by atoms with Crippen LogP contribution in [0.1, 0.15) is 20.3 Å². The van der Waals surface area contributed by atoms with Crippen molar-refractivity contribution >= 4 is 16.7 Å². The highest BCUT2D eigenvalue weighted by Gasteiger charge is 2.15. The Morgan fingerprint density at radius 1 is 0.879 bits per heavy atom. The SMILES string of the molecule is CC(C)CCn1c(=O)c(=NNc2ccccc2)c(=O)n(-c2ccccc2)c2ccc(F)cc21. The van der Waals surface area contributed by atoms with Gasteiger partial charge in [-0.2, -0.15) is 5.10 Å². The van der Waals surface area contributed by atoms with Crippen molar-refractivity contribution in [2.24, 2.45) is 11.0 Å². The third-order valence-corrected chi connectivity index (χ3v) is 5.34. The van der Waals surface area contributed by atoms with Crippen molar-refractivity contribution in [2.45, 2.75) is 26.8 Å². The summed E-state index contributed by atoms with van der Waals surface area (Å²) in [4.78, 5) is 27.3. The maximum absolute atomic E-state index is 14.3. The average Bonchev–Trinajstić information content (AvgIpc) is 2.89. The van der Waals surface area contributed by atoms with Crippen LogP contribution in [-0.4, -0.2) is 9.13 Å². The number of nitrogens with one attached hydrogen (secondary N) is 1. The molecule has 3 aromatic carbocycles. The average molecular weight is 445 g/mol. The lowest BCUT2D eigenvalue weighted by Gasteiger charge is -2.11. The van der Waals surface area contributed by atoms with Gasteiger partial charge in [0, 0.05) is 12.2 Å². The van der Waals surface area contributed by atoms with E-state index in [4.69, 9.17) is 0 Å². The zero-order valence-corrected chi connectivity index (χ0v) is 18.5. The van der Waals surface area contributed by atoms with Crippen LogP contribution in [0.25, 0.3) is 16.7 Å². The van der Waals surface area contributed by atoms with Gasteiger partial charge in [-0.05, 0) is 54.8 Å². The molecule has 4 aromatic rings. The smallest absolute Gasteiger partial charge is 0.289 e. The van der Waals surface area contributed by atoms with Crippen LogP contribution in [0.3, 0.4) is 0 Å². The number of benzene rings is 3. The fourth-order valence-electron chi connectivity index (χ4n) is 3.62. The molecule has 0 bridgehead atoms. The van der Waals surface area contributed by atoms with Gasteiger partial charge in [-0.1, -0.05) is 50.2 Å². The zero-order chi connectivity index (χ0) is 23.4. The molecule has 0 fully saturated rings. The molecule has 0 radical (unpaired) electrons. The van der Waals surface area contributed by atoms with Crippen molar-refractivity contribution in [3.8, 4) is 5.69 Å². The van der Waals surface area contributed by atoms with Crippen LogP contribution in [0, 0.1) is 11.7 Å². The fraction of sp³-hybridized carbons (Fsp3) is 0.192. The van der Waals surface area contributed by atoms with Gasteiger partial charge in [0.25, 0.3) is 11.1 Å². The third-order valence-electron chi connectivity index (χ3n) is 5.34. The maximum Gasteiger partial charge on any atom is 0.289 e. The molecule has 0 spiro atoms. The molecule has 6 nitrogen and oxygen atoms in total. The van der Waals surface area contributed by atoms with Crippen LogP contribution >= 0.6 is 0 Å². The van der Waals surface area contributed by atoms with Gasteiger partial charge in [0.15, 0.2) is 0 Å². The zero-order valence-electron chi connectivity index (χ0n) is 18.5. The normalized spacial score (nSPS) is 11.8. The minimum atomic E-state index is -0.588. The highest BCUT2D eigenvalue weighted by atomic mass is 19.1. The van der Waals surface area contributed by atoms with E-state index in [1.54, 1.807) is 36.4 Å². The summed E-state index contributed by atoms with van der Waals surface area (Å²) in [6.07, 6.45) is 0.681. The first-order chi connectivity index (χ1) is 16.0. The lowest BCUT2D eigenvalue weighted by atomic mass is 10.1. The van der Waals surface area contributed by atoms with E-state index in [1.807, 2.05) is 38.1 Å². The topological polar surface area (TPSA) is 68.4 Å². The Bertz CT molecular complexity index is 1460. The molecule has 0 atom stereocenters. The van der Waals surface area contributed by atoms with Crippen LogP contribution in [0.15, 0.2) is 93.6 Å². The second-order valence-electron chi connectivity index (χ2n) is 8.19. The molecule has 0 amide bonds. The number of hydrogen-bond acceptors (Lipinski definition) is 4. The molecule has 1 N–H and O–H groups in total. The van der Waals surface area contributed by atoms with Crippen LogP contribution in [0.5, 0.6) is 0 Å². The first kappa shape index (κ1) is 22.2. The fourth-order valence-corrected chi connectivity index (χ4v) is 3.62. The van der Waals surface area contributed by atoms with E-state index in [9.17, 15) is 14.0 Å².